The highest BCUT2D eigenvalue weighted by Gasteiger charge is 2.27. The Labute approximate surface area is 240 Å². The predicted molar refractivity (Wildman–Crippen MR) is 168 cm³/mol. The molecule has 40 heavy (non-hydrogen) atoms. The molecule has 2 aliphatic heterocycles. The average Bonchev–Trinajstić information content (AvgIpc) is 3.73. The number of nitrogens with one attached hydrogen (secondary N) is 1. The average molecular weight is 544 g/mol. The van der Waals surface area contributed by atoms with E-state index in [1.54, 1.807) is 22.3 Å². The molecule has 0 saturated carbocycles. The second-order valence-electron chi connectivity index (χ2n) is 12.8. The Morgan fingerprint density at radius 3 is 1.38 bits per heavy atom. The number of thiophene rings is 1. The van der Waals surface area contributed by atoms with Gasteiger partial charge in [-0.15, -0.1) is 11.3 Å². The van der Waals surface area contributed by atoms with Gasteiger partial charge in [-0.25, -0.2) is 9.97 Å². The number of hydrogen-bond acceptors (Lipinski definition) is 3. The van der Waals surface area contributed by atoms with Gasteiger partial charge in [0.25, 0.3) is 0 Å². The largest absolute Gasteiger partial charge is 0.355 e. The van der Waals surface area contributed by atoms with Gasteiger partial charge in [-0.3, -0.25) is 0 Å². The fraction of sp³-hybridized carbons (Fsp3) is 0.444. The van der Waals surface area contributed by atoms with Gasteiger partial charge in [-0.2, -0.15) is 0 Å². The van der Waals surface area contributed by atoms with Gasteiger partial charge >= 0.3 is 0 Å². The zero-order valence-electron chi connectivity index (χ0n) is 23.4. The first-order chi connectivity index (χ1) is 19.8. The molecule has 3 aromatic rings. The number of hydrogen-bond donors (Lipinski definition) is 1. The number of aromatic amines is 1. The molecule has 0 amide bonds. The first kappa shape index (κ1) is 23.7. The highest BCUT2D eigenvalue weighted by atomic mass is 32.1. The summed E-state index contributed by atoms with van der Waals surface area (Å²) >= 11 is 2.02. The van der Waals surface area contributed by atoms with E-state index in [1.165, 1.54) is 143 Å². The van der Waals surface area contributed by atoms with Crippen LogP contribution in [0, 0.1) is 0 Å². The van der Waals surface area contributed by atoms with Gasteiger partial charge < -0.3 is 4.98 Å². The number of aromatic nitrogens is 3. The topological polar surface area (TPSA) is 41.6 Å². The summed E-state index contributed by atoms with van der Waals surface area (Å²) in [6, 6.07) is 9.78. The van der Waals surface area contributed by atoms with Crippen LogP contribution in [0.2, 0.25) is 0 Å². The second kappa shape index (κ2) is 9.27. The molecule has 0 fully saturated rings. The maximum atomic E-state index is 5.39. The van der Waals surface area contributed by atoms with E-state index < -0.39 is 0 Å². The second-order valence-corrected chi connectivity index (χ2v) is 13.9. The third-order valence-electron chi connectivity index (χ3n) is 10.4. The first-order valence-corrected chi connectivity index (χ1v) is 16.8. The molecule has 3 aromatic heterocycles. The smallest absolute Gasteiger partial charge is 0.0694 e. The number of allylic oxidation sites excluding steroid dienone is 4. The highest BCUT2D eigenvalue weighted by molar-refractivity contribution is 7.24. The fourth-order valence-electron chi connectivity index (χ4n) is 8.44. The summed E-state index contributed by atoms with van der Waals surface area (Å²) in [5.41, 5.74) is 19.8. The van der Waals surface area contributed by atoms with Gasteiger partial charge in [0.1, 0.15) is 0 Å². The summed E-state index contributed by atoms with van der Waals surface area (Å²) < 4.78 is 2.94. The van der Waals surface area contributed by atoms with Crippen LogP contribution in [-0.4, -0.2) is 15.0 Å². The predicted octanol–water partition coefficient (Wildman–Crippen LogP) is 9.78. The fourth-order valence-corrected chi connectivity index (χ4v) is 9.72. The van der Waals surface area contributed by atoms with Crippen LogP contribution in [0.3, 0.4) is 0 Å². The van der Waals surface area contributed by atoms with Crippen LogP contribution in [0.1, 0.15) is 122 Å². The van der Waals surface area contributed by atoms with E-state index in [1.807, 2.05) is 11.3 Å². The molecule has 0 atom stereocenters. The molecule has 8 bridgehead atoms. The molecule has 3 nitrogen and oxygen atoms in total. The molecule has 6 aliphatic rings. The van der Waals surface area contributed by atoms with E-state index in [0.29, 0.717) is 0 Å². The van der Waals surface area contributed by atoms with E-state index in [0.717, 1.165) is 25.7 Å². The van der Waals surface area contributed by atoms with Crippen LogP contribution in [0.5, 0.6) is 0 Å². The van der Waals surface area contributed by atoms with E-state index >= 15 is 0 Å². The summed E-state index contributed by atoms with van der Waals surface area (Å²) in [6.45, 7) is 0. The highest BCUT2D eigenvalue weighted by Crippen LogP contribution is 2.45. The Kier molecular flexibility index (Phi) is 5.49. The molecule has 1 N–H and O–H groups in total. The molecule has 5 heterocycles. The minimum absolute atomic E-state index is 1.15. The van der Waals surface area contributed by atoms with E-state index in [2.05, 4.69) is 29.2 Å². The van der Waals surface area contributed by atoms with Crippen molar-refractivity contribution in [3.05, 3.63) is 69.3 Å². The molecule has 202 valence electrons. The number of rotatable bonds is 0. The maximum Gasteiger partial charge on any atom is 0.0694 e. The van der Waals surface area contributed by atoms with Crippen molar-refractivity contribution in [2.24, 2.45) is 0 Å². The zero-order valence-corrected chi connectivity index (χ0v) is 24.2. The minimum atomic E-state index is 1.15. The Bertz CT molecular complexity index is 1680. The molecule has 9 rings (SSSR count). The van der Waals surface area contributed by atoms with Gasteiger partial charge in [0, 0.05) is 20.4 Å². The normalized spacial score (nSPS) is 20.2. The lowest BCUT2D eigenvalue weighted by atomic mass is 9.88. The zero-order chi connectivity index (χ0) is 26.2. The Balaban J connectivity index is 1.42. The number of fused-ring (bicyclic) bond motifs is 18. The Morgan fingerprint density at radius 2 is 0.825 bits per heavy atom. The quantitative estimate of drug-likeness (QED) is 0.307. The van der Waals surface area contributed by atoms with Crippen molar-refractivity contribution < 1.29 is 0 Å². The lowest BCUT2D eigenvalue weighted by Crippen LogP contribution is -2.00. The molecule has 0 aromatic carbocycles. The van der Waals surface area contributed by atoms with Gasteiger partial charge in [0.2, 0.25) is 0 Å². The lowest BCUT2D eigenvalue weighted by Gasteiger charge is -2.15. The molecule has 0 radical (unpaired) electrons. The van der Waals surface area contributed by atoms with Crippen LogP contribution in [0.25, 0.3) is 42.7 Å². The molecular formula is C36H37N3S. The SMILES string of the molecule is c1c2nc(cc3[nH]c(cc4sc(cc5nc1C1=C5CCCC1)c1c4CCCC1)c1c3CCCC1)C1=C2CCCC1. The van der Waals surface area contributed by atoms with Crippen molar-refractivity contribution in [3.63, 3.8) is 0 Å². The van der Waals surface area contributed by atoms with Crippen molar-refractivity contribution in [1.29, 1.82) is 0 Å². The van der Waals surface area contributed by atoms with Crippen molar-refractivity contribution >= 4 is 54.1 Å². The van der Waals surface area contributed by atoms with Gasteiger partial charge in [-0.05, 0) is 172 Å². The summed E-state index contributed by atoms with van der Waals surface area (Å²) in [5, 5.41) is 0. The summed E-state index contributed by atoms with van der Waals surface area (Å²) in [6.07, 6.45) is 19.7. The van der Waals surface area contributed by atoms with Gasteiger partial charge in [0.15, 0.2) is 0 Å². The minimum Gasteiger partial charge on any atom is -0.355 e. The van der Waals surface area contributed by atoms with E-state index in [-0.39, 0.29) is 0 Å². The number of aryl methyl sites for hydroxylation is 4. The number of H-pyrrole nitrogens is 1. The third kappa shape index (κ3) is 3.67. The van der Waals surface area contributed by atoms with Crippen LogP contribution >= 0.6 is 11.3 Å². The van der Waals surface area contributed by atoms with Gasteiger partial charge in [-0.1, -0.05) is 0 Å². The lowest BCUT2D eigenvalue weighted by molar-refractivity contribution is 0.695. The molecule has 4 heteroatoms. The van der Waals surface area contributed by atoms with Crippen LogP contribution in [0.4, 0.5) is 0 Å². The standard InChI is InChI=1S/C36H37N3S/c1-2-10-22-21(9-1)29-17-31-23-11-3-5-13-25(23)33(38-31)19-35-27-15-7-8-16-28(27)36(40-35)20-34-26-14-6-4-12-24(26)32(39-34)18-30(22)37-29/h17-20,38H,1-16H2. The Morgan fingerprint density at radius 1 is 0.425 bits per heavy atom. The molecule has 0 saturated heterocycles. The van der Waals surface area contributed by atoms with Crippen molar-refractivity contribution in [3.8, 4) is 0 Å². The number of nitrogens with zero attached hydrogens (tertiary/aromatic N) is 2. The summed E-state index contributed by atoms with van der Waals surface area (Å²) in [7, 11) is 0. The van der Waals surface area contributed by atoms with Crippen LogP contribution < -0.4 is 0 Å². The van der Waals surface area contributed by atoms with Gasteiger partial charge in [0.05, 0.1) is 22.8 Å². The van der Waals surface area contributed by atoms with E-state index in [9.17, 15) is 0 Å². The molecule has 0 spiro atoms. The van der Waals surface area contributed by atoms with Crippen molar-refractivity contribution in [2.45, 2.75) is 103 Å². The monoisotopic (exact) mass is 543 g/mol. The van der Waals surface area contributed by atoms with Crippen LogP contribution in [-0.2, 0) is 25.7 Å². The first-order valence-electron chi connectivity index (χ1n) is 15.9. The third-order valence-corrected chi connectivity index (χ3v) is 11.6. The van der Waals surface area contributed by atoms with Crippen molar-refractivity contribution in [1.82, 2.24) is 15.0 Å². The van der Waals surface area contributed by atoms with Crippen LogP contribution in [0.15, 0.2) is 24.3 Å². The summed E-state index contributed by atoms with van der Waals surface area (Å²) in [5.74, 6) is 0. The van der Waals surface area contributed by atoms with Crippen molar-refractivity contribution in [2.75, 3.05) is 0 Å². The van der Waals surface area contributed by atoms with E-state index in [4.69, 9.17) is 9.97 Å². The maximum absolute atomic E-state index is 5.39. The molecule has 0 unspecified atom stereocenters. The Hall–Kier alpha value is -2.98. The molecular weight excluding hydrogens is 506 g/mol. The molecule has 4 aliphatic carbocycles. The summed E-state index contributed by atoms with van der Waals surface area (Å²) in [4.78, 5) is 14.7.